The fraction of sp³-hybridized carbons (Fsp3) is 0.421. The minimum Gasteiger partial charge on any atom is -0.353 e. The third-order valence-corrected chi connectivity index (χ3v) is 3.98. The lowest BCUT2D eigenvalue weighted by atomic mass is 9.95. The molecule has 0 spiro atoms. The first-order valence-corrected chi connectivity index (χ1v) is 7.94. The van der Waals surface area contributed by atoms with Gasteiger partial charge < -0.3 is 5.32 Å². The Balaban J connectivity index is 1.75. The highest BCUT2D eigenvalue weighted by atomic mass is 16.1. The van der Waals surface area contributed by atoms with Gasteiger partial charge in [0.15, 0.2) is 0 Å². The van der Waals surface area contributed by atoms with Gasteiger partial charge in [0.2, 0.25) is 5.91 Å². The zero-order chi connectivity index (χ0) is 14.9. The highest BCUT2D eigenvalue weighted by Crippen LogP contribution is 2.17. The summed E-state index contributed by atoms with van der Waals surface area (Å²) in [5.74, 6) is 0.143. The van der Waals surface area contributed by atoms with E-state index in [1.165, 1.54) is 30.4 Å². The topological polar surface area (TPSA) is 29.1 Å². The molecular weight excluding hydrogens is 258 g/mol. The van der Waals surface area contributed by atoms with E-state index in [9.17, 15) is 4.79 Å². The second-order valence-corrected chi connectivity index (χ2v) is 5.75. The lowest BCUT2D eigenvalue weighted by Crippen LogP contribution is -2.35. The fourth-order valence-corrected chi connectivity index (χ4v) is 2.72. The van der Waals surface area contributed by atoms with Crippen molar-refractivity contribution in [3.05, 3.63) is 54.1 Å². The van der Waals surface area contributed by atoms with Gasteiger partial charge in [-0.1, -0.05) is 67.8 Å². The molecule has 0 bridgehead atoms. The summed E-state index contributed by atoms with van der Waals surface area (Å²) in [5, 5.41) is 3.13. The molecule has 1 saturated carbocycles. The molecule has 0 atom stereocenters. The molecule has 1 aromatic rings. The van der Waals surface area contributed by atoms with Crippen LogP contribution in [0.25, 0.3) is 5.57 Å². The minimum absolute atomic E-state index is 0.143. The third-order valence-electron chi connectivity index (χ3n) is 3.98. The predicted molar refractivity (Wildman–Crippen MR) is 88.9 cm³/mol. The molecule has 0 radical (unpaired) electrons. The Bertz CT molecular complexity index is 496. The van der Waals surface area contributed by atoms with E-state index in [1.807, 2.05) is 30.4 Å². The Morgan fingerprint density at radius 2 is 1.90 bits per heavy atom. The monoisotopic (exact) mass is 283 g/mol. The van der Waals surface area contributed by atoms with E-state index in [1.54, 1.807) is 0 Å². The molecule has 0 aliphatic heterocycles. The molecular formula is C19H25NO. The number of benzene rings is 1. The first kappa shape index (κ1) is 15.6. The van der Waals surface area contributed by atoms with Gasteiger partial charge in [-0.3, -0.25) is 4.79 Å². The number of rotatable bonds is 5. The number of hydrogen-bond acceptors (Lipinski definition) is 1. The molecule has 0 unspecified atom stereocenters. The number of hydrogen-bond donors (Lipinski definition) is 1. The van der Waals surface area contributed by atoms with Crippen LogP contribution in [0, 0.1) is 0 Å². The lowest BCUT2D eigenvalue weighted by molar-refractivity contribution is -0.121. The van der Waals surface area contributed by atoms with Crippen molar-refractivity contribution in [1.29, 1.82) is 0 Å². The summed E-state index contributed by atoms with van der Waals surface area (Å²) < 4.78 is 0. The lowest BCUT2D eigenvalue weighted by Gasteiger charge is -2.22. The van der Waals surface area contributed by atoms with Gasteiger partial charge in [0.1, 0.15) is 0 Å². The maximum atomic E-state index is 11.8. The quantitative estimate of drug-likeness (QED) is 0.793. The van der Waals surface area contributed by atoms with Gasteiger partial charge >= 0.3 is 0 Å². The van der Waals surface area contributed by atoms with Gasteiger partial charge in [0, 0.05) is 12.5 Å². The Labute approximate surface area is 128 Å². The molecule has 0 heterocycles. The molecule has 2 heteroatoms. The zero-order valence-electron chi connectivity index (χ0n) is 12.8. The minimum atomic E-state index is 0.143. The average Bonchev–Trinajstić information content (AvgIpc) is 2.53. The van der Waals surface area contributed by atoms with Gasteiger partial charge in [0.25, 0.3) is 0 Å². The van der Waals surface area contributed by atoms with Crippen molar-refractivity contribution in [2.24, 2.45) is 0 Å². The van der Waals surface area contributed by atoms with Gasteiger partial charge in [-0.2, -0.15) is 0 Å². The highest BCUT2D eigenvalue weighted by Gasteiger charge is 2.14. The van der Waals surface area contributed by atoms with Crippen LogP contribution >= 0.6 is 0 Å². The smallest absolute Gasteiger partial charge is 0.224 e. The molecule has 1 amide bonds. The summed E-state index contributed by atoms with van der Waals surface area (Å²) >= 11 is 0. The van der Waals surface area contributed by atoms with Crippen LogP contribution in [-0.2, 0) is 4.79 Å². The molecule has 1 aliphatic carbocycles. The molecule has 2 nitrogen and oxygen atoms in total. The molecule has 21 heavy (non-hydrogen) atoms. The summed E-state index contributed by atoms with van der Waals surface area (Å²) in [6, 6.07) is 10.7. The zero-order valence-corrected chi connectivity index (χ0v) is 12.8. The summed E-state index contributed by atoms with van der Waals surface area (Å²) in [7, 11) is 0. The summed E-state index contributed by atoms with van der Waals surface area (Å²) in [4.78, 5) is 11.8. The molecule has 1 N–H and O–H groups in total. The van der Waals surface area contributed by atoms with E-state index >= 15 is 0 Å². The van der Waals surface area contributed by atoms with Gasteiger partial charge in [-0.15, -0.1) is 0 Å². The van der Waals surface area contributed by atoms with Crippen LogP contribution in [0.3, 0.4) is 0 Å². The first-order chi connectivity index (χ1) is 10.3. The van der Waals surface area contributed by atoms with Crippen LogP contribution in [0.5, 0.6) is 0 Å². The second-order valence-electron chi connectivity index (χ2n) is 5.75. The normalized spacial score (nSPS) is 17.1. The predicted octanol–water partition coefficient (Wildman–Crippen LogP) is 4.49. The van der Waals surface area contributed by atoms with Crippen LogP contribution < -0.4 is 5.32 Å². The number of amides is 1. The summed E-state index contributed by atoms with van der Waals surface area (Å²) in [6.45, 7) is 2.09. The van der Waals surface area contributed by atoms with Crippen molar-refractivity contribution in [3.8, 4) is 0 Å². The Morgan fingerprint density at radius 1 is 1.19 bits per heavy atom. The highest BCUT2D eigenvalue weighted by molar-refractivity contribution is 5.78. The van der Waals surface area contributed by atoms with Crippen LogP contribution in [0.15, 0.2) is 48.6 Å². The maximum Gasteiger partial charge on any atom is 0.224 e. The van der Waals surface area contributed by atoms with E-state index in [0.717, 1.165) is 12.8 Å². The number of carbonyl (C=O) groups is 1. The van der Waals surface area contributed by atoms with Crippen molar-refractivity contribution < 1.29 is 4.79 Å². The van der Waals surface area contributed by atoms with E-state index in [0.29, 0.717) is 12.5 Å². The maximum absolute atomic E-state index is 11.8. The molecule has 0 aromatic heterocycles. The second kappa shape index (κ2) is 8.46. The molecule has 1 aromatic carbocycles. The van der Waals surface area contributed by atoms with Gasteiger partial charge in [0.05, 0.1) is 0 Å². The Hall–Kier alpha value is -1.83. The average molecular weight is 283 g/mol. The molecule has 112 valence electrons. The van der Waals surface area contributed by atoms with E-state index in [4.69, 9.17) is 0 Å². The van der Waals surface area contributed by atoms with Gasteiger partial charge in [-0.05, 0) is 30.9 Å². The number of allylic oxidation sites excluding steroid dienone is 3. The van der Waals surface area contributed by atoms with Crippen molar-refractivity contribution in [2.75, 3.05) is 0 Å². The standard InChI is InChI=1S/C19H25NO/c1-16(17-11-4-2-5-12-17)10-8-9-15-19(21)20-18-13-6-3-7-14-18/h2,4-5,8-12,18H,3,6-7,13-15H2,1H3,(H,20,21)/b9-8-,16-10-. The van der Waals surface area contributed by atoms with Crippen LogP contribution in [0.2, 0.25) is 0 Å². The Morgan fingerprint density at radius 3 is 2.62 bits per heavy atom. The fourth-order valence-electron chi connectivity index (χ4n) is 2.72. The largest absolute Gasteiger partial charge is 0.353 e. The third kappa shape index (κ3) is 5.58. The van der Waals surface area contributed by atoms with Crippen LogP contribution in [0.4, 0.5) is 0 Å². The van der Waals surface area contributed by atoms with Crippen molar-refractivity contribution >= 4 is 11.5 Å². The van der Waals surface area contributed by atoms with Crippen molar-refractivity contribution in [1.82, 2.24) is 5.32 Å². The molecule has 0 saturated heterocycles. The first-order valence-electron chi connectivity index (χ1n) is 7.94. The van der Waals surface area contributed by atoms with Crippen LogP contribution in [0.1, 0.15) is 51.0 Å². The van der Waals surface area contributed by atoms with E-state index in [-0.39, 0.29) is 5.91 Å². The van der Waals surface area contributed by atoms with Crippen molar-refractivity contribution in [3.63, 3.8) is 0 Å². The molecule has 2 rings (SSSR count). The molecule has 1 fully saturated rings. The number of carbonyl (C=O) groups excluding carboxylic acids is 1. The van der Waals surface area contributed by atoms with Crippen LogP contribution in [-0.4, -0.2) is 11.9 Å². The summed E-state index contributed by atoms with van der Waals surface area (Å²) in [5.41, 5.74) is 2.42. The molecule has 1 aliphatic rings. The van der Waals surface area contributed by atoms with E-state index < -0.39 is 0 Å². The SMILES string of the molecule is C/C(=C/C=C\CC(=O)NC1CCCCC1)c1ccccc1. The Kier molecular flexibility index (Phi) is 6.26. The van der Waals surface area contributed by atoms with Gasteiger partial charge in [-0.25, -0.2) is 0 Å². The van der Waals surface area contributed by atoms with Crippen molar-refractivity contribution in [2.45, 2.75) is 51.5 Å². The summed E-state index contributed by atoms with van der Waals surface area (Å²) in [6.07, 6.45) is 12.5. The van der Waals surface area contributed by atoms with E-state index in [2.05, 4.69) is 30.4 Å². The number of nitrogens with one attached hydrogen (secondary N) is 1.